The van der Waals surface area contributed by atoms with Crippen LogP contribution >= 0.6 is 11.6 Å². The molecular weight excluding hydrogens is 260 g/mol. The second-order valence-electron chi connectivity index (χ2n) is 4.47. The first-order valence-electron chi connectivity index (χ1n) is 5.92. The molecule has 1 heterocycles. The molecule has 18 heavy (non-hydrogen) atoms. The van der Waals surface area contributed by atoms with Gasteiger partial charge in [0.15, 0.2) is 5.25 Å². The number of halogens is 1. The Bertz CT molecular complexity index is 586. The van der Waals surface area contributed by atoms with Crippen LogP contribution in [0.5, 0.6) is 0 Å². The zero-order valence-corrected chi connectivity index (χ0v) is 11.7. The van der Waals surface area contributed by atoms with Crippen molar-refractivity contribution in [3.8, 4) is 0 Å². The summed E-state index contributed by atoms with van der Waals surface area (Å²) in [6, 6.07) is 16.9. The number of hydrogen-bond donors (Lipinski definition) is 0. The van der Waals surface area contributed by atoms with E-state index in [1.54, 1.807) is 0 Å². The van der Waals surface area contributed by atoms with Crippen molar-refractivity contribution in [2.45, 2.75) is 5.25 Å². The fourth-order valence-corrected chi connectivity index (χ4v) is 4.24. The van der Waals surface area contributed by atoms with E-state index >= 15 is 0 Å². The molecule has 0 radical (unpaired) electrons. The third-order valence-electron chi connectivity index (χ3n) is 3.29. The van der Waals surface area contributed by atoms with Gasteiger partial charge in [0.1, 0.15) is 11.7 Å². The molecular formula is C16H14ClS+. The normalized spacial score (nSPS) is 21.7. The fraction of sp³-hybridized carbons (Fsp3) is 0.125. The molecule has 0 N–H and O–H groups in total. The van der Waals surface area contributed by atoms with Crippen LogP contribution in [-0.2, 0) is 10.9 Å². The van der Waals surface area contributed by atoms with Gasteiger partial charge in [0.05, 0.1) is 0 Å². The van der Waals surface area contributed by atoms with E-state index < -0.39 is 0 Å². The molecule has 3 rings (SSSR count). The first-order valence-corrected chi connectivity index (χ1v) is 8.05. The Labute approximate surface area is 116 Å². The van der Waals surface area contributed by atoms with Crippen molar-refractivity contribution in [1.82, 2.24) is 0 Å². The van der Waals surface area contributed by atoms with Gasteiger partial charge in [-0.1, -0.05) is 48.0 Å². The van der Waals surface area contributed by atoms with Crippen LogP contribution in [0.3, 0.4) is 0 Å². The van der Waals surface area contributed by atoms with Gasteiger partial charge in [0.2, 0.25) is 0 Å². The molecule has 0 saturated carbocycles. The van der Waals surface area contributed by atoms with Gasteiger partial charge in [-0.3, -0.25) is 0 Å². The molecule has 90 valence electrons. The van der Waals surface area contributed by atoms with Gasteiger partial charge in [-0.2, -0.15) is 0 Å². The fourth-order valence-electron chi connectivity index (χ4n) is 2.39. The van der Waals surface area contributed by atoms with Gasteiger partial charge in [-0.25, -0.2) is 0 Å². The van der Waals surface area contributed by atoms with Crippen LogP contribution in [0.25, 0.3) is 6.08 Å². The minimum atomic E-state index is 0.229. The highest BCUT2D eigenvalue weighted by molar-refractivity contribution is 7.99. The molecule has 0 spiro atoms. The maximum absolute atomic E-state index is 5.98. The van der Waals surface area contributed by atoms with E-state index in [4.69, 9.17) is 11.6 Å². The van der Waals surface area contributed by atoms with Crippen molar-refractivity contribution in [2.24, 2.45) is 0 Å². The van der Waals surface area contributed by atoms with Crippen LogP contribution in [0.4, 0.5) is 0 Å². The molecule has 0 bridgehead atoms. The minimum Gasteiger partial charge on any atom is -0.0843 e. The summed E-state index contributed by atoms with van der Waals surface area (Å²) in [5.41, 5.74) is 4.11. The Morgan fingerprint density at radius 2 is 1.72 bits per heavy atom. The first-order chi connectivity index (χ1) is 8.75. The van der Waals surface area contributed by atoms with Gasteiger partial charge < -0.3 is 0 Å². The molecule has 0 aliphatic carbocycles. The lowest BCUT2D eigenvalue weighted by Gasteiger charge is -2.20. The molecule has 1 aliphatic heterocycles. The standard InChI is InChI=1S/C16H14ClS/c1-18-11-10-12-4-2-3-5-15(12)16(18)13-6-8-14(17)9-7-13/h2-11,16H,1H3/q+1/t16-,18?/m1/s1. The predicted molar refractivity (Wildman–Crippen MR) is 82.1 cm³/mol. The van der Waals surface area contributed by atoms with Crippen LogP contribution in [-0.4, -0.2) is 6.26 Å². The molecule has 0 nitrogen and oxygen atoms in total. The second-order valence-corrected chi connectivity index (χ2v) is 6.87. The van der Waals surface area contributed by atoms with Crippen LogP contribution in [0.2, 0.25) is 5.02 Å². The number of rotatable bonds is 1. The highest BCUT2D eigenvalue weighted by Gasteiger charge is 2.32. The summed E-state index contributed by atoms with van der Waals surface area (Å²) >= 11 is 5.98. The average Bonchev–Trinajstić information content (AvgIpc) is 2.40. The van der Waals surface area contributed by atoms with E-state index in [2.05, 4.69) is 54.1 Å². The van der Waals surface area contributed by atoms with Crippen molar-refractivity contribution in [2.75, 3.05) is 6.26 Å². The highest BCUT2D eigenvalue weighted by atomic mass is 35.5. The van der Waals surface area contributed by atoms with E-state index in [-0.39, 0.29) is 10.9 Å². The van der Waals surface area contributed by atoms with Gasteiger partial charge in [-0.05, 0) is 23.8 Å². The largest absolute Gasteiger partial charge is 0.173 e. The summed E-state index contributed by atoms with van der Waals surface area (Å²) in [7, 11) is 0.229. The minimum absolute atomic E-state index is 0.229. The van der Waals surface area contributed by atoms with Crippen molar-refractivity contribution in [3.63, 3.8) is 0 Å². The molecule has 2 aromatic carbocycles. The van der Waals surface area contributed by atoms with Gasteiger partial charge in [-0.15, -0.1) is 0 Å². The third kappa shape index (κ3) is 2.09. The lowest BCUT2D eigenvalue weighted by atomic mass is 9.99. The van der Waals surface area contributed by atoms with E-state index in [1.807, 2.05) is 12.1 Å². The molecule has 2 heteroatoms. The summed E-state index contributed by atoms with van der Waals surface area (Å²) in [6.45, 7) is 0. The monoisotopic (exact) mass is 273 g/mol. The Morgan fingerprint density at radius 3 is 2.50 bits per heavy atom. The molecule has 0 amide bonds. The third-order valence-corrected chi connectivity index (χ3v) is 5.37. The summed E-state index contributed by atoms with van der Waals surface area (Å²) in [4.78, 5) is 0. The molecule has 0 saturated heterocycles. The lowest BCUT2D eigenvalue weighted by molar-refractivity contribution is 1.14. The zero-order chi connectivity index (χ0) is 12.5. The quantitative estimate of drug-likeness (QED) is 0.663. The molecule has 1 aliphatic rings. The van der Waals surface area contributed by atoms with Crippen molar-refractivity contribution in [3.05, 3.63) is 75.7 Å². The molecule has 2 atom stereocenters. The Balaban J connectivity index is 2.10. The second kappa shape index (κ2) is 4.83. The number of benzene rings is 2. The Kier molecular flexibility index (Phi) is 3.19. The van der Waals surface area contributed by atoms with E-state index in [9.17, 15) is 0 Å². The van der Waals surface area contributed by atoms with Crippen LogP contribution in [0.15, 0.2) is 53.9 Å². The maximum atomic E-state index is 5.98. The molecule has 0 aromatic heterocycles. The topological polar surface area (TPSA) is 0 Å². The van der Waals surface area contributed by atoms with Crippen molar-refractivity contribution < 1.29 is 0 Å². The lowest BCUT2D eigenvalue weighted by Crippen LogP contribution is -2.15. The highest BCUT2D eigenvalue weighted by Crippen LogP contribution is 2.38. The Morgan fingerprint density at radius 1 is 1.00 bits per heavy atom. The summed E-state index contributed by atoms with van der Waals surface area (Å²) < 4.78 is 0. The maximum Gasteiger partial charge on any atom is 0.173 e. The molecule has 0 fully saturated rings. The summed E-state index contributed by atoms with van der Waals surface area (Å²) in [5.74, 6) is 0. The van der Waals surface area contributed by atoms with E-state index in [0.29, 0.717) is 5.25 Å². The number of fused-ring (bicyclic) bond motifs is 1. The van der Waals surface area contributed by atoms with Crippen LogP contribution in [0, 0.1) is 0 Å². The first kappa shape index (κ1) is 11.9. The van der Waals surface area contributed by atoms with E-state index in [0.717, 1.165) is 5.02 Å². The Hall–Kier alpha value is -1.18. The molecule has 1 unspecified atom stereocenters. The zero-order valence-electron chi connectivity index (χ0n) is 10.1. The van der Waals surface area contributed by atoms with Crippen LogP contribution in [0.1, 0.15) is 21.9 Å². The number of hydrogen-bond acceptors (Lipinski definition) is 0. The smallest absolute Gasteiger partial charge is 0.0843 e. The van der Waals surface area contributed by atoms with E-state index in [1.165, 1.54) is 16.7 Å². The van der Waals surface area contributed by atoms with Crippen LogP contribution < -0.4 is 0 Å². The van der Waals surface area contributed by atoms with Gasteiger partial charge >= 0.3 is 0 Å². The predicted octanol–water partition coefficient (Wildman–Crippen LogP) is 4.66. The van der Waals surface area contributed by atoms with Gasteiger partial charge in [0.25, 0.3) is 0 Å². The molecule has 2 aromatic rings. The summed E-state index contributed by atoms with van der Waals surface area (Å²) in [6.07, 6.45) is 4.54. The SMILES string of the molecule is C[S+]1C=Cc2ccccc2[C@H]1c1ccc(Cl)cc1. The average molecular weight is 274 g/mol. The van der Waals surface area contributed by atoms with Crippen molar-refractivity contribution in [1.29, 1.82) is 0 Å². The summed E-state index contributed by atoms with van der Waals surface area (Å²) in [5, 5.41) is 3.58. The van der Waals surface area contributed by atoms with Gasteiger partial charge in [0, 0.05) is 27.0 Å². The van der Waals surface area contributed by atoms with Crippen molar-refractivity contribution >= 4 is 28.6 Å².